The van der Waals surface area contributed by atoms with Crippen molar-refractivity contribution in [1.82, 2.24) is 0 Å². The van der Waals surface area contributed by atoms with Gasteiger partial charge in [0, 0.05) is 0 Å². The van der Waals surface area contributed by atoms with E-state index in [0.717, 1.165) is 29.7 Å². The van der Waals surface area contributed by atoms with Gasteiger partial charge in [0.25, 0.3) is 0 Å². The average molecular weight is 306 g/mol. The lowest BCUT2D eigenvalue weighted by Gasteiger charge is -2.53. The Labute approximate surface area is 136 Å². The van der Waals surface area contributed by atoms with E-state index in [9.17, 15) is 10.2 Å². The van der Waals surface area contributed by atoms with Crippen molar-refractivity contribution in [1.29, 1.82) is 0 Å². The first-order chi connectivity index (χ1) is 10.3. The Balaban J connectivity index is 2.03. The third kappa shape index (κ3) is 2.57. The number of allylic oxidation sites excluding steroid dienone is 1. The van der Waals surface area contributed by atoms with E-state index >= 15 is 0 Å². The molecule has 0 bridgehead atoms. The van der Waals surface area contributed by atoms with Crippen LogP contribution in [0.1, 0.15) is 66.2 Å². The van der Waals surface area contributed by atoms with Gasteiger partial charge < -0.3 is 10.2 Å². The average Bonchev–Trinajstić information content (AvgIpc) is 2.72. The number of hydrogen-bond donors (Lipinski definition) is 2. The lowest BCUT2D eigenvalue weighted by molar-refractivity contribution is -0.0407. The summed E-state index contributed by atoms with van der Waals surface area (Å²) >= 11 is 0. The van der Waals surface area contributed by atoms with Crippen LogP contribution in [0.3, 0.4) is 0 Å². The first kappa shape index (κ1) is 16.5. The summed E-state index contributed by atoms with van der Waals surface area (Å²) in [7, 11) is 0. The summed E-state index contributed by atoms with van der Waals surface area (Å²) in [5.74, 6) is 2.77. The van der Waals surface area contributed by atoms with Gasteiger partial charge in [-0.1, -0.05) is 33.8 Å². The molecule has 2 nitrogen and oxygen atoms in total. The molecule has 0 aliphatic heterocycles. The van der Waals surface area contributed by atoms with Crippen LogP contribution in [0, 0.1) is 34.5 Å². The van der Waals surface area contributed by atoms with E-state index in [1.807, 2.05) is 0 Å². The maximum atomic E-state index is 10.4. The first-order valence-electron chi connectivity index (χ1n) is 9.27. The fourth-order valence-corrected chi connectivity index (χ4v) is 6.17. The lowest BCUT2D eigenvalue weighted by Crippen LogP contribution is -2.47. The van der Waals surface area contributed by atoms with Gasteiger partial charge in [0.05, 0.1) is 12.7 Å². The minimum Gasteiger partial charge on any atom is -0.393 e. The molecule has 0 spiro atoms. The number of hydrogen-bond acceptors (Lipinski definition) is 2. The van der Waals surface area contributed by atoms with Crippen LogP contribution in [0.5, 0.6) is 0 Å². The SMILES string of the molecule is CC(C)C1CCC2(C)CCC3(C)CC(O)CC(CO)=CC3C12. The van der Waals surface area contributed by atoms with Crippen molar-refractivity contribution in [3.05, 3.63) is 11.6 Å². The van der Waals surface area contributed by atoms with Crippen LogP contribution in [0.4, 0.5) is 0 Å². The van der Waals surface area contributed by atoms with E-state index in [2.05, 4.69) is 33.8 Å². The van der Waals surface area contributed by atoms with Crippen molar-refractivity contribution >= 4 is 0 Å². The molecule has 6 unspecified atom stereocenters. The smallest absolute Gasteiger partial charge is 0.0642 e. The Morgan fingerprint density at radius 2 is 1.86 bits per heavy atom. The van der Waals surface area contributed by atoms with Crippen molar-refractivity contribution in [3.8, 4) is 0 Å². The largest absolute Gasteiger partial charge is 0.393 e. The monoisotopic (exact) mass is 306 g/mol. The van der Waals surface area contributed by atoms with Crippen molar-refractivity contribution in [2.24, 2.45) is 34.5 Å². The molecule has 0 aromatic rings. The molecule has 2 fully saturated rings. The molecule has 0 saturated heterocycles. The molecule has 2 saturated carbocycles. The fourth-order valence-electron chi connectivity index (χ4n) is 6.17. The quantitative estimate of drug-likeness (QED) is 0.752. The minimum absolute atomic E-state index is 0.111. The second kappa shape index (κ2) is 5.63. The van der Waals surface area contributed by atoms with Crippen molar-refractivity contribution in [2.45, 2.75) is 72.3 Å². The second-order valence-corrected chi connectivity index (χ2v) is 9.35. The third-order valence-electron chi connectivity index (χ3n) is 7.45. The van der Waals surface area contributed by atoms with Gasteiger partial charge in [-0.2, -0.15) is 0 Å². The summed E-state index contributed by atoms with van der Waals surface area (Å²) in [5.41, 5.74) is 1.74. The van der Waals surface area contributed by atoms with Gasteiger partial charge in [0.15, 0.2) is 0 Å². The molecule has 2 heteroatoms. The van der Waals surface area contributed by atoms with Crippen LogP contribution in [-0.4, -0.2) is 22.9 Å². The molecule has 2 N–H and O–H groups in total. The summed E-state index contributed by atoms with van der Waals surface area (Å²) in [6.07, 6.45) is 8.92. The Kier molecular flexibility index (Phi) is 4.23. The van der Waals surface area contributed by atoms with Crippen LogP contribution in [-0.2, 0) is 0 Å². The molecule has 0 radical (unpaired) electrons. The maximum absolute atomic E-state index is 10.4. The van der Waals surface area contributed by atoms with E-state index in [0.29, 0.717) is 17.8 Å². The van der Waals surface area contributed by atoms with Gasteiger partial charge in [-0.15, -0.1) is 0 Å². The zero-order valence-electron chi connectivity index (χ0n) is 14.8. The first-order valence-corrected chi connectivity index (χ1v) is 9.27. The zero-order valence-corrected chi connectivity index (χ0v) is 14.8. The van der Waals surface area contributed by atoms with E-state index in [1.54, 1.807) is 0 Å². The highest BCUT2D eigenvalue weighted by atomic mass is 16.3. The zero-order chi connectivity index (χ0) is 16.1. The van der Waals surface area contributed by atoms with Crippen LogP contribution in [0.2, 0.25) is 0 Å². The Hall–Kier alpha value is -0.340. The molecule has 22 heavy (non-hydrogen) atoms. The molecular formula is C20H34O2. The van der Waals surface area contributed by atoms with E-state index in [-0.39, 0.29) is 18.1 Å². The molecule has 3 rings (SSSR count). The maximum Gasteiger partial charge on any atom is 0.0642 e. The van der Waals surface area contributed by atoms with Crippen LogP contribution >= 0.6 is 0 Å². The minimum atomic E-state index is -0.281. The molecule has 0 aromatic carbocycles. The highest BCUT2D eigenvalue weighted by Gasteiger charge is 2.57. The summed E-state index contributed by atoms with van der Waals surface area (Å²) in [6.45, 7) is 9.77. The van der Waals surface area contributed by atoms with Crippen LogP contribution in [0.15, 0.2) is 11.6 Å². The van der Waals surface area contributed by atoms with E-state index in [4.69, 9.17) is 0 Å². The lowest BCUT2D eigenvalue weighted by atomic mass is 9.51. The topological polar surface area (TPSA) is 40.5 Å². The van der Waals surface area contributed by atoms with Gasteiger partial charge >= 0.3 is 0 Å². The third-order valence-corrected chi connectivity index (χ3v) is 7.45. The van der Waals surface area contributed by atoms with Gasteiger partial charge in [-0.05, 0) is 78.6 Å². The molecule has 0 aromatic heterocycles. The summed E-state index contributed by atoms with van der Waals surface area (Å²) in [6, 6.07) is 0. The number of fused-ring (bicyclic) bond motifs is 3. The Bertz CT molecular complexity index is 455. The predicted molar refractivity (Wildman–Crippen MR) is 90.4 cm³/mol. The Morgan fingerprint density at radius 1 is 1.18 bits per heavy atom. The molecular weight excluding hydrogens is 272 g/mol. The standard InChI is InChI=1S/C20H34O2/c1-13(2)16-5-6-19(3)7-8-20(4)11-15(22)9-14(12-21)10-17(20)18(16)19/h10,13,15-18,21-22H,5-9,11-12H2,1-4H3. The molecule has 6 atom stereocenters. The Morgan fingerprint density at radius 3 is 2.50 bits per heavy atom. The number of aliphatic hydroxyl groups excluding tert-OH is 2. The summed E-state index contributed by atoms with van der Waals surface area (Å²) in [5, 5.41) is 20.1. The van der Waals surface area contributed by atoms with Crippen molar-refractivity contribution < 1.29 is 10.2 Å². The summed E-state index contributed by atoms with van der Waals surface area (Å²) in [4.78, 5) is 0. The van der Waals surface area contributed by atoms with Crippen molar-refractivity contribution in [3.63, 3.8) is 0 Å². The van der Waals surface area contributed by atoms with Crippen molar-refractivity contribution in [2.75, 3.05) is 6.61 Å². The highest BCUT2D eigenvalue weighted by Crippen LogP contribution is 2.65. The summed E-state index contributed by atoms with van der Waals surface area (Å²) < 4.78 is 0. The molecule has 3 aliphatic rings. The molecule has 126 valence electrons. The number of rotatable bonds is 2. The predicted octanol–water partition coefficient (Wildman–Crippen LogP) is 4.16. The van der Waals surface area contributed by atoms with Gasteiger partial charge in [-0.3, -0.25) is 0 Å². The van der Waals surface area contributed by atoms with E-state index in [1.165, 1.54) is 25.7 Å². The van der Waals surface area contributed by atoms with Gasteiger partial charge in [0.2, 0.25) is 0 Å². The highest BCUT2D eigenvalue weighted by molar-refractivity contribution is 5.19. The molecule has 3 aliphatic carbocycles. The fraction of sp³-hybridized carbons (Fsp3) is 0.900. The molecule has 0 amide bonds. The van der Waals surface area contributed by atoms with Crippen LogP contribution < -0.4 is 0 Å². The van der Waals surface area contributed by atoms with Gasteiger partial charge in [-0.25, -0.2) is 0 Å². The molecule has 0 heterocycles. The number of aliphatic hydroxyl groups is 2. The van der Waals surface area contributed by atoms with E-state index < -0.39 is 0 Å². The second-order valence-electron chi connectivity index (χ2n) is 9.35. The normalized spacial score (nSPS) is 48.6. The van der Waals surface area contributed by atoms with Crippen LogP contribution in [0.25, 0.3) is 0 Å². The van der Waals surface area contributed by atoms with Gasteiger partial charge in [0.1, 0.15) is 0 Å².